The van der Waals surface area contributed by atoms with Crippen LogP contribution in [0.2, 0.25) is 0 Å². The second-order valence-corrected chi connectivity index (χ2v) is 6.41. The number of carbonyl (C=O) groups excluding carboxylic acids is 1. The number of nitrogens with zero attached hydrogens (tertiary/aromatic N) is 1. The number of amides is 1. The molecule has 2 atom stereocenters. The van der Waals surface area contributed by atoms with E-state index in [4.69, 9.17) is 0 Å². The Morgan fingerprint density at radius 2 is 2.28 bits per heavy atom. The fourth-order valence-corrected chi connectivity index (χ4v) is 3.58. The predicted molar refractivity (Wildman–Crippen MR) is 79.6 cm³/mol. The second-order valence-electron chi connectivity index (χ2n) is 5.16. The summed E-state index contributed by atoms with van der Waals surface area (Å²) in [5.41, 5.74) is 0.825. The molecule has 1 aromatic rings. The van der Waals surface area contributed by atoms with E-state index in [2.05, 4.69) is 27.9 Å². The van der Waals surface area contributed by atoms with E-state index in [1.165, 1.54) is 6.42 Å². The first-order valence-electron chi connectivity index (χ1n) is 6.52. The Morgan fingerprint density at radius 1 is 1.39 bits per heavy atom. The van der Waals surface area contributed by atoms with Gasteiger partial charge < -0.3 is 10.2 Å². The molecule has 2 unspecified atom stereocenters. The monoisotopic (exact) mass is 356 g/mol. The average molecular weight is 356 g/mol. The Morgan fingerprint density at radius 3 is 3.11 bits per heavy atom. The van der Waals surface area contributed by atoms with Gasteiger partial charge in [-0.3, -0.25) is 4.79 Å². The van der Waals surface area contributed by atoms with Crippen molar-refractivity contribution in [3.63, 3.8) is 0 Å². The molecule has 1 aromatic carbocycles. The van der Waals surface area contributed by atoms with Crippen LogP contribution in [0.25, 0.3) is 0 Å². The third-order valence-electron chi connectivity index (χ3n) is 4.01. The van der Waals surface area contributed by atoms with Gasteiger partial charge in [-0.2, -0.15) is 0 Å². The molecule has 0 radical (unpaired) electrons. The Kier molecular flexibility index (Phi) is 3.56. The number of fused-ring (bicyclic) bond motifs is 1. The number of nitrogens with one attached hydrogen (secondary N) is 1. The molecule has 0 aliphatic carbocycles. The molecular formula is C14H17IN2O. The highest BCUT2D eigenvalue weighted by atomic mass is 127. The van der Waals surface area contributed by atoms with Gasteiger partial charge in [0.15, 0.2) is 0 Å². The highest BCUT2D eigenvalue weighted by Gasteiger charge is 2.34. The van der Waals surface area contributed by atoms with Crippen LogP contribution in [0.1, 0.15) is 23.2 Å². The molecular weight excluding hydrogens is 339 g/mol. The molecule has 3 nitrogen and oxygen atoms in total. The van der Waals surface area contributed by atoms with Crippen LogP contribution in [-0.4, -0.2) is 36.5 Å². The minimum atomic E-state index is 0.193. The third kappa shape index (κ3) is 2.40. The number of carbonyl (C=O) groups is 1. The van der Waals surface area contributed by atoms with Crippen LogP contribution in [0.5, 0.6) is 0 Å². The molecule has 3 rings (SSSR count). The van der Waals surface area contributed by atoms with Crippen molar-refractivity contribution in [2.75, 3.05) is 19.6 Å². The molecule has 4 heteroatoms. The number of piperidine rings is 1. The largest absolute Gasteiger partial charge is 0.338 e. The quantitative estimate of drug-likeness (QED) is 0.782. The van der Waals surface area contributed by atoms with E-state index in [0.717, 1.165) is 35.2 Å². The summed E-state index contributed by atoms with van der Waals surface area (Å²) >= 11 is 2.25. The first-order valence-corrected chi connectivity index (χ1v) is 7.60. The van der Waals surface area contributed by atoms with Gasteiger partial charge in [-0.1, -0.05) is 6.07 Å². The van der Waals surface area contributed by atoms with Crippen molar-refractivity contribution in [1.29, 1.82) is 0 Å². The van der Waals surface area contributed by atoms with E-state index in [1.54, 1.807) is 0 Å². The van der Waals surface area contributed by atoms with Crippen LogP contribution in [-0.2, 0) is 0 Å². The maximum absolute atomic E-state index is 12.4. The maximum atomic E-state index is 12.4. The summed E-state index contributed by atoms with van der Waals surface area (Å²) < 4.78 is 1.12. The number of benzene rings is 1. The predicted octanol–water partition coefficient (Wildman–Crippen LogP) is 2.12. The fourth-order valence-electron chi connectivity index (χ4n) is 3.04. The minimum absolute atomic E-state index is 0.193. The molecule has 1 amide bonds. The molecule has 18 heavy (non-hydrogen) atoms. The summed E-state index contributed by atoms with van der Waals surface area (Å²) in [6.07, 6.45) is 2.31. The van der Waals surface area contributed by atoms with Crippen LogP contribution in [0.15, 0.2) is 24.3 Å². The summed E-state index contributed by atoms with van der Waals surface area (Å²) in [4.78, 5) is 14.5. The van der Waals surface area contributed by atoms with Gasteiger partial charge in [0.2, 0.25) is 0 Å². The fraction of sp³-hybridized carbons (Fsp3) is 0.500. The highest BCUT2D eigenvalue weighted by molar-refractivity contribution is 14.1. The van der Waals surface area contributed by atoms with Crippen molar-refractivity contribution in [3.8, 4) is 0 Å². The number of rotatable bonds is 1. The van der Waals surface area contributed by atoms with Gasteiger partial charge in [0.1, 0.15) is 0 Å². The van der Waals surface area contributed by atoms with E-state index < -0.39 is 0 Å². The number of likely N-dealkylation sites (tertiary alicyclic amines) is 1. The molecule has 2 fully saturated rings. The zero-order chi connectivity index (χ0) is 12.5. The number of halogens is 1. The summed E-state index contributed by atoms with van der Waals surface area (Å²) in [5, 5.41) is 3.53. The topological polar surface area (TPSA) is 32.3 Å². The lowest BCUT2D eigenvalue weighted by atomic mass is 9.93. The van der Waals surface area contributed by atoms with Gasteiger partial charge in [-0.15, -0.1) is 0 Å². The van der Waals surface area contributed by atoms with Crippen LogP contribution in [0, 0.1) is 9.49 Å². The molecule has 2 aliphatic heterocycles. The molecule has 0 spiro atoms. The maximum Gasteiger partial charge on any atom is 0.253 e. The molecule has 96 valence electrons. The van der Waals surface area contributed by atoms with Crippen LogP contribution in [0.3, 0.4) is 0 Å². The van der Waals surface area contributed by atoms with Crippen molar-refractivity contribution in [3.05, 3.63) is 33.4 Å². The van der Waals surface area contributed by atoms with Gasteiger partial charge in [-0.25, -0.2) is 0 Å². The minimum Gasteiger partial charge on any atom is -0.338 e. The standard InChI is InChI=1S/C14H17IN2O/c15-12-3-1-2-10(8-12)14(18)17-7-5-13-11(9-17)4-6-16-13/h1-3,8,11,13,16H,4-7,9H2. The van der Waals surface area contributed by atoms with Crippen LogP contribution in [0.4, 0.5) is 0 Å². The second kappa shape index (κ2) is 5.17. The van der Waals surface area contributed by atoms with Crippen molar-refractivity contribution in [1.82, 2.24) is 10.2 Å². The van der Waals surface area contributed by atoms with Crippen LogP contribution >= 0.6 is 22.6 Å². The van der Waals surface area contributed by atoms with E-state index in [1.807, 2.05) is 29.2 Å². The summed E-state index contributed by atoms with van der Waals surface area (Å²) in [6.45, 7) is 2.92. The normalized spacial score (nSPS) is 27.1. The SMILES string of the molecule is O=C(c1cccc(I)c1)N1CCC2NCCC2C1. The molecule has 1 N–H and O–H groups in total. The van der Waals surface area contributed by atoms with Crippen molar-refractivity contribution >= 4 is 28.5 Å². The molecule has 0 saturated carbocycles. The van der Waals surface area contributed by atoms with Gasteiger partial charge >= 0.3 is 0 Å². The Balaban J connectivity index is 1.73. The first kappa shape index (κ1) is 12.4. The van der Waals surface area contributed by atoms with Crippen molar-refractivity contribution in [2.24, 2.45) is 5.92 Å². The van der Waals surface area contributed by atoms with Gasteiger partial charge in [0.25, 0.3) is 5.91 Å². The molecule has 0 aromatic heterocycles. The van der Waals surface area contributed by atoms with E-state index in [-0.39, 0.29) is 5.91 Å². The van der Waals surface area contributed by atoms with E-state index >= 15 is 0 Å². The lowest BCUT2D eigenvalue weighted by molar-refractivity contribution is 0.0662. The smallest absolute Gasteiger partial charge is 0.253 e. The lowest BCUT2D eigenvalue weighted by Crippen LogP contribution is -2.46. The van der Waals surface area contributed by atoms with Crippen LogP contribution < -0.4 is 5.32 Å². The van der Waals surface area contributed by atoms with Gasteiger partial charge in [-0.05, 0) is 66.1 Å². The zero-order valence-corrected chi connectivity index (χ0v) is 12.4. The zero-order valence-electron chi connectivity index (χ0n) is 10.2. The first-order chi connectivity index (χ1) is 8.74. The number of hydrogen-bond donors (Lipinski definition) is 1. The lowest BCUT2D eigenvalue weighted by Gasteiger charge is -2.35. The highest BCUT2D eigenvalue weighted by Crippen LogP contribution is 2.25. The Hall–Kier alpha value is -0.620. The van der Waals surface area contributed by atoms with Crippen molar-refractivity contribution < 1.29 is 4.79 Å². The Bertz CT molecular complexity index is 463. The van der Waals surface area contributed by atoms with Gasteiger partial charge in [0.05, 0.1) is 0 Å². The average Bonchev–Trinajstić information content (AvgIpc) is 2.85. The number of hydrogen-bond acceptors (Lipinski definition) is 2. The summed E-state index contributed by atoms with van der Waals surface area (Å²) in [7, 11) is 0. The Labute approximate surface area is 121 Å². The molecule has 2 aliphatic rings. The summed E-state index contributed by atoms with van der Waals surface area (Å²) in [5.74, 6) is 0.851. The third-order valence-corrected chi connectivity index (χ3v) is 4.69. The van der Waals surface area contributed by atoms with Crippen molar-refractivity contribution in [2.45, 2.75) is 18.9 Å². The van der Waals surface area contributed by atoms with E-state index in [9.17, 15) is 4.79 Å². The van der Waals surface area contributed by atoms with E-state index in [0.29, 0.717) is 12.0 Å². The van der Waals surface area contributed by atoms with Gasteiger partial charge in [0, 0.05) is 28.3 Å². The molecule has 0 bridgehead atoms. The summed E-state index contributed by atoms with van der Waals surface area (Å²) in [6, 6.07) is 8.51. The molecule has 2 saturated heterocycles. The molecule has 2 heterocycles.